The monoisotopic (exact) mass is 280 g/mol. The van der Waals surface area contributed by atoms with Crippen molar-refractivity contribution < 1.29 is 14.3 Å². The minimum absolute atomic E-state index is 0.0522. The minimum Gasteiger partial charge on any atom is -0.478 e. The number of aromatic carboxylic acids is 1. The third kappa shape index (κ3) is 2.90. The Hall–Kier alpha value is -1.95. The number of aryl methyl sites for hydroxylation is 1. The third-order valence-electron chi connectivity index (χ3n) is 2.83. The lowest BCUT2D eigenvalue weighted by Gasteiger charge is -2.19. The summed E-state index contributed by atoms with van der Waals surface area (Å²) in [5.74, 6) is -1.67. The highest BCUT2D eigenvalue weighted by molar-refractivity contribution is 7.09. The minimum atomic E-state index is -1.13. The summed E-state index contributed by atoms with van der Waals surface area (Å²) in [7, 11) is 1.76. The lowest BCUT2D eigenvalue weighted by atomic mass is 10.2. The molecule has 4 nitrogen and oxygen atoms in total. The van der Waals surface area contributed by atoms with Crippen LogP contribution in [0.4, 0.5) is 10.1 Å². The van der Waals surface area contributed by atoms with Gasteiger partial charge < -0.3 is 10.0 Å². The molecule has 0 spiro atoms. The predicted octanol–water partition coefficient (Wildman–Crippen LogP) is 2.93. The first-order chi connectivity index (χ1) is 8.99. The summed E-state index contributed by atoms with van der Waals surface area (Å²) in [5.41, 5.74) is 3.00. The molecule has 0 aliphatic rings. The molecule has 0 fully saturated rings. The molecular weight excluding hydrogens is 267 g/mol. The summed E-state index contributed by atoms with van der Waals surface area (Å²) in [6.45, 7) is 2.45. The Morgan fingerprint density at radius 2 is 2.26 bits per heavy atom. The van der Waals surface area contributed by atoms with Crippen LogP contribution in [0.1, 0.15) is 20.9 Å². The van der Waals surface area contributed by atoms with E-state index in [4.69, 9.17) is 5.11 Å². The number of thiazole rings is 1. The molecule has 1 N–H and O–H groups in total. The van der Waals surface area contributed by atoms with E-state index in [9.17, 15) is 9.18 Å². The number of carbonyl (C=O) groups is 1. The van der Waals surface area contributed by atoms with Gasteiger partial charge >= 0.3 is 5.97 Å². The Morgan fingerprint density at radius 3 is 2.79 bits per heavy atom. The lowest BCUT2D eigenvalue weighted by molar-refractivity contribution is 0.0696. The number of carboxylic acids is 1. The molecule has 0 unspecified atom stereocenters. The molecule has 1 heterocycles. The van der Waals surface area contributed by atoms with E-state index in [1.807, 2.05) is 6.92 Å². The molecule has 0 atom stereocenters. The Labute approximate surface area is 114 Å². The van der Waals surface area contributed by atoms with Crippen LogP contribution in [-0.2, 0) is 6.54 Å². The molecule has 0 bridgehead atoms. The molecule has 0 aliphatic heterocycles. The van der Waals surface area contributed by atoms with Crippen molar-refractivity contribution >= 4 is 23.0 Å². The number of anilines is 1. The molecule has 100 valence electrons. The molecule has 1 aromatic heterocycles. The fourth-order valence-electron chi connectivity index (χ4n) is 1.73. The van der Waals surface area contributed by atoms with Crippen LogP contribution < -0.4 is 4.90 Å². The zero-order valence-corrected chi connectivity index (χ0v) is 11.4. The largest absolute Gasteiger partial charge is 0.478 e. The topological polar surface area (TPSA) is 53.4 Å². The second-order valence-corrected chi connectivity index (χ2v) is 5.13. The van der Waals surface area contributed by atoms with Crippen molar-refractivity contribution in [2.24, 2.45) is 0 Å². The number of hydrogen-bond acceptors (Lipinski definition) is 4. The standard InChI is InChI=1S/C13H13FN2O2S/c1-8-12(19-7-15-8)6-16(2)11-4-3-9(13(17)18)5-10(11)14/h3-5,7H,6H2,1-2H3,(H,17,18). The van der Waals surface area contributed by atoms with Gasteiger partial charge in [-0.25, -0.2) is 14.2 Å². The average molecular weight is 280 g/mol. The Balaban J connectivity index is 2.22. The molecule has 0 saturated heterocycles. The maximum Gasteiger partial charge on any atom is 0.335 e. The summed E-state index contributed by atoms with van der Waals surface area (Å²) in [4.78, 5) is 17.7. The zero-order valence-electron chi connectivity index (χ0n) is 10.6. The maximum atomic E-state index is 13.9. The van der Waals surface area contributed by atoms with Gasteiger partial charge in [-0.2, -0.15) is 0 Å². The number of carboxylic acid groups (broad SMARTS) is 1. The highest BCUT2D eigenvalue weighted by Gasteiger charge is 2.13. The van der Waals surface area contributed by atoms with Crippen LogP contribution in [0.2, 0.25) is 0 Å². The van der Waals surface area contributed by atoms with Crippen LogP contribution in [0.3, 0.4) is 0 Å². The van der Waals surface area contributed by atoms with E-state index >= 15 is 0 Å². The van der Waals surface area contributed by atoms with Crippen LogP contribution in [-0.4, -0.2) is 23.1 Å². The van der Waals surface area contributed by atoms with Crippen molar-refractivity contribution in [1.29, 1.82) is 0 Å². The van der Waals surface area contributed by atoms with E-state index in [1.165, 1.54) is 23.5 Å². The molecule has 2 aromatic rings. The van der Waals surface area contributed by atoms with Gasteiger partial charge in [0.25, 0.3) is 0 Å². The summed E-state index contributed by atoms with van der Waals surface area (Å²) >= 11 is 1.52. The average Bonchev–Trinajstić information content (AvgIpc) is 2.74. The summed E-state index contributed by atoms with van der Waals surface area (Å²) < 4.78 is 13.9. The molecule has 0 amide bonds. The second-order valence-electron chi connectivity index (χ2n) is 4.19. The van der Waals surface area contributed by atoms with E-state index in [-0.39, 0.29) is 5.56 Å². The molecule has 6 heteroatoms. The van der Waals surface area contributed by atoms with Gasteiger partial charge in [-0.15, -0.1) is 11.3 Å². The van der Waals surface area contributed by atoms with E-state index in [1.54, 1.807) is 17.5 Å². The molecule has 1 aromatic carbocycles. The van der Waals surface area contributed by atoms with Gasteiger partial charge in [0.1, 0.15) is 5.82 Å². The first-order valence-electron chi connectivity index (χ1n) is 5.62. The van der Waals surface area contributed by atoms with Gasteiger partial charge in [-0.1, -0.05) is 0 Å². The van der Waals surface area contributed by atoms with Crippen molar-refractivity contribution in [3.05, 3.63) is 45.7 Å². The van der Waals surface area contributed by atoms with Crippen LogP contribution >= 0.6 is 11.3 Å². The van der Waals surface area contributed by atoms with Crippen molar-refractivity contribution in [2.75, 3.05) is 11.9 Å². The predicted molar refractivity (Wildman–Crippen MR) is 72.3 cm³/mol. The number of halogens is 1. The fraction of sp³-hybridized carbons (Fsp3) is 0.231. The van der Waals surface area contributed by atoms with Crippen molar-refractivity contribution in [2.45, 2.75) is 13.5 Å². The van der Waals surface area contributed by atoms with Crippen LogP contribution in [0.25, 0.3) is 0 Å². The Kier molecular flexibility index (Phi) is 3.80. The van der Waals surface area contributed by atoms with Gasteiger partial charge in [-0.05, 0) is 25.1 Å². The Bertz CT molecular complexity index is 612. The van der Waals surface area contributed by atoms with E-state index in [0.29, 0.717) is 12.2 Å². The van der Waals surface area contributed by atoms with Gasteiger partial charge in [0.2, 0.25) is 0 Å². The highest BCUT2D eigenvalue weighted by Crippen LogP contribution is 2.23. The third-order valence-corrected chi connectivity index (χ3v) is 3.75. The fourth-order valence-corrected chi connectivity index (χ4v) is 2.56. The highest BCUT2D eigenvalue weighted by atomic mass is 32.1. The van der Waals surface area contributed by atoms with Crippen molar-refractivity contribution in [1.82, 2.24) is 4.98 Å². The summed E-state index contributed by atoms with van der Waals surface area (Å²) in [5, 5.41) is 8.80. The molecule has 19 heavy (non-hydrogen) atoms. The quantitative estimate of drug-likeness (QED) is 0.935. The zero-order chi connectivity index (χ0) is 14.0. The number of hydrogen-bond donors (Lipinski definition) is 1. The Morgan fingerprint density at radius 1 is 1.53 bits per heavy atom. The van der Waals surface area contributed by atoms with E-state index < -0.39 is 11.8 Å². The van der Waals surface area contributed by atoms with Crippen molar-refractivity contribution in [3.8, 4) is 0 Å². The summed E-state index contributed by atoms with van der Waals surface area (Å²) in [6.07, 6.45) is 0. The van der Waals surface area contributed by atoms with E-state index in [2.05, 4.69) is 4.98 Å². The SMILES string of the molecule is Cc1ncsc1CN(C)c1ccc(C(=O)O)cc1F. The molecule has 0 radical (unpaired) electrons. The molecule has 0 aliphatic carbocycles. The summed E-state index contributed by atoms with van der Waals surface area (Å²) in [6, 6.07) is 3.92. The smallest absolute Gasteiger partial charge is 0.335 e. The van der Waals surface area contributed by atoms with Crippen LogP contribution in [0.5, 0.6) is 0 Å². The lowest BCUT2D eigenvalue weighted by Crippen LogP contribution is -2.18. The van der Waals surface area contributed by atoms with E-state index in [0.717, 1.165) is 16.6 Å². The van der Waals surface area contributed by atoms with Crippen LogP contribution in [0.15, 0.2) is 23.7 Å². The van der Waals surface area contributed by atoms with Gasteiger partial charge in [-0.3, -0.25) is 0 Å². The normalized spacial score (nSPS) is 10.5. The number of aromatic nitrogens is 1. The van der Waals surface area contributed by atoms with Gasteiger partial charge in [0.05, 0.1) is 29.0 Å². The first kappa shape index (κ1) is 13.5. The maximum absolute atomic E-state index is 13.9. The molecule has 0 saturated carbocycles. The number of benzene rings is 1. The number of rotatable bonds is 4. The first-order valence-corrected chi connectivity index (χ1v) is 6.50. The molecule has 2 rings (SSSR count). The second kappa shape index (κ2) is 5.36. The number of nitrogens with zero attached hydrogens (tertiary/aromatic N) is 2. The van der Waals surface area contributed by atoms with Crippen molar-refractivity contribution in [3.63, 3.8) is 0 Å². The van der Waals surface area contributed by atoms with Gasteiger partial charge in [0, 0.05) is 11.9 Å². The van der Waals surface area contributed by atoms with Gasteiger partial charge in [0.15, 0.2) is 0 Å². The molecular formula is C13H13FN2O2S. The van der Waals surface area contributed by atoms with Crippen LogP contribution in [0, 0.1) is 12.7 Å².